The Bertz CT molecular complexity index is 591. The summed E-state index contributed by atoms with van der Waals surface area (Å²) in [5.41, 5.74) is 6.17. The van der Waals surface area contributed by atoms with Crippen molar-refractivity contribution in [3.8, 4) is 0 Å². The molecule has 0 atom stereocenters. The third kappa shape index (κ3) is 2.56. The Morgan fingerprint density at radius 1 is 1.00 bits per heavy atom. The largest absolute Gasteiger partial charge is 0.340 e. The van der Waals surface area contributed by atoms with E-state index in [4.69, 9.17) is 0 Å². The fourth-order valence-electron chi connectivity index (χ4n) is 1.89. The average Bonchev–Trinajstić information content (AvgIpc) is 2.33. The first-order valence-electron chi connectivity index (χ1n) is 5.95. The number of anilines is 2. The smallest absolute Gasteiger partial charge is 0.133 e. The van der Waals surface area contributed by atoms with Crippen LogP contribution in [-0.2, 0) is 0 Å². The summed E-state index contributed by atoms with van der Waals surface area (Å²) in [5, 5.41) is 3.40. The van der Waals surface area contributed by atoms with E-state index in [2.05, 4.69) is 72.1 Å². The number of nitrogens with one attached hydrogen (secondary N) is 1. The molecular formula is C15H17BrN2. The van der Waals surface area contributed by atoms with E-state index in [0.29, 0.717) is 0 Å². The monoisotopic (exact) mass is 304 g/mol. The number of aryl methyl sites for hydroxylation is 2. The molecule has 0 aliphatic heterocycles. The van der Waals surface area contributed by atoms with Gasteiger partial charge < -0.3 is 5.32 Å². The summed E-state index contributed by atoms with van der Waals surface area (Å²) in [4.78, 5) is 4.41. The molecule has 0 bridgehead atoms. The molecule has 1 heterocycles. The summed E-state index contributed by atoms with van der Waals surface area (Å²) in [7, 11) is 0. The van der Waals surface area contributed by atoms with Crippen LogP contribution in [0.1, 0.15) is 22.3 Å². The molecule has 2 rings (SSSR count). The zero-order chi connectivity index (χ0) is 13.3. The zero-order valence-electron chi connectivity index (χ0n) is 11.1. The number of aromatic nitrogens is 1. The van der Waals surface area contributed by atoms with E-state index in [1.54, 1.807) is 0 Å². The van der Waals surface area contributed by atoms with E-state index in [0.717, 1.165) is 21.5 Å². The molecule has 0 amide bonds. The number of pyridine rings is 1. The van der Waals surface area contributed by atoms with Crippen LogP contribution in [0.3, 0.4) is 0 Å². The minimum Gasteiger partial charge on any atom is -0.340 e. The summed E-state index contributed by atoms with van der Waals surface area (Å²) in [6.45, 7) is 8.47. The Morgan fingerprint density at radius 3 is 2.39 bits per heavy atom. The van der Waals surface area contributed by atoms with Crippen molar-refractivity contribution in [2.45, 2.75) is 27.7 Å². The molecule has 0 aliphatic carbocycles. The molecule has 1 aromatic carbocycles. The van der Waals surface area contributed by atoms with Gasteiger partial charge in [0.1, 0.15) is 5.82 Å². The highest BCUT2D eigenvalue weighted by Gasteiger charge is 2.06. The molecule has 94 valence electrons. The quantitative estimate of drug-likeness (QED) is 0.860. The predicted molar refractivity (Wildman–Crippen MR) is 80.6 cm³/mol. The Labute approximate surface area is 117 Å². The van der Waals surface area contributed by atoms with Crippen molar-refractivity contribution in [1.82, 2.24) is 4.98 Å². The maximum absolute atomic E-state index is 4.41. The van der Waals surface area contributed by atoms with E-state index in [9.17, 15) is 0 Å². The van der Waals surface area contributed by atoms with Crippen LogP contribution in [0.15, 0.2) is 28.9 Å². The molecule has 0 aliphatic rings. The molecule has 1 aromatic heterocycles. The minimum atomic E-state index is 0.907. The van der Waals surface area contributed by atoms with Gasteiger partial charge in [-0.15, -0.1) is 0 Å². The lowest BCUT2D eigenvalue weighted by molar-refractivity contribution is 1.22. The van der Waals surface area contributed by atoms with Crippen molar-refractivity contribution in [2.24, 2.45) is 0 Å². The van der Waals surface area contributed by atoms with Gasteiger partial charge in [-0.3, -0.25) is 0 Å². The molecule has 1 N–H and O–H groups in total. The highest BCUT2D eigenvalue weighted by Crippen LogP contribution is 2.26. The fourth-order valence-corrected chi connectivity index (χ4v) is 2.34. The second-order valence-corrected chi connectivity index (χ2v) is 5.54. The van der Waals surface area contributed by atoms with Gasteiger partial charge in [0.25, 0.3) is 0 Å². The van der Waals surface area contributed by atoms with Crippen molar-refractivity contribution in [2.75, 3.05) is 5.32 Å². The van der Waals surface area contributed by atoms with Gasteiger partial charge in [-0.2, -0.15) is 0 Å². The van der Waals surface area contributed by atoms with Gasteiger partial charge in [0.15, 0.2) is 0 Å². The molecular weight excluding hydrogens is 288 g/mol. The van der Waals surface area contributed by atoms with Crippen LogP contribution in [-0.4, -0.2) is 4.98 Å². The first-order chi connectivity index (χ1) is 8.49. The van der Waals surface area contributed by atoms with Crippen LogP contribution in [0, 0.1) is 27.7 Å². The topological polar surface area (TPSA) is 24.9 Å². The molecule has 0 saturated heterocycles. The van der Waals surface area contributed by atoms with Crippen molar-refractivity contribution in [3.63, 3.8) is 0 Å². The third-order valence-electron chi connectivity index (χ3n) is 3.36. The van der Waals surface area contributed by atoms with Crippen LogP contribution in [0.4, 0.5) is 11.5 Å². The molecule has 2 aromatic rings. The molecule has 0 saturated carbocycles. The van der Waals surface area contributed by atoms with Crippen molar-refractivity contribution >= 4 is 27.4 Å². The lowest BCUT2D eigenvalue weighted by atomic mass is 10.0. The summed E-state index contributed by atoms with van der Waals surface area (Å²) in [5.74, 6) is 0.907. The zero-order valence-corrected chi connectivity index (χ0v) is 12.7. The summed E-state index contributed by atoms with van der Waals surface area (Å²) < 4.78 is 1.00. The minimum absolute atomic E-state index is 0.907. The van der Waals surface area contributed by atoms with Gasteiger partial charge >= 0.3 is 0 Å². The Morgan fingerprint density at radius 2 is 1.72 bits per heavy atom. The van der Waals surface area contributed by atoms with Gasteiger partial charge in [0, 0.05) is 16.4 Å². The average molecular weight is 305 g/mol. The van der Waals surface area contributed by atoms with E-state index >= 15 is 0 Å². The number of halogens is 1. The Balaban J connectivity index is 2.37. The maximum Gasteiger partial charge on any atom is 0.133 e. The number of nitrogens with zero attached hydrogens (tertiary/aromatic N) is 1. The van der Waals surface area contributed by atoms with Crippen LogP contribution < -0.4 is 5.32 Å². The number of benzene rings is 1. The highest BCUT2D eigenvalue weighted by molar-refractivity contribution is 9.10. The van der Waals surface area contributed by atoms with Gasteiger partial charge in [-0.25, -0.2) is 4.98 Å². The van der Waals surface area contributed by atoms with Crippen LogP contribution in [0.25, 0.3) is 0 Å². The first kappa shape index (κ1) is 13.1. The SMILES string of the molecule is Cc1cc(Br)cnc1Nc1ccc(C)c(C)c1C. The summed E-state index contributed by atoms with van der Waals surface area (Å²) in [6.07, 6.45) is 1.81. The van der Waals surface area contributed by atoms with Crippen LogP contribution in [0.5, 0.6) is 0 Å². The summed E-state index contributed by atoms with van der Waals surface area (Å²) >= 11 is 3.43. The van der Waals surface area contributed by atoms with Crippen LogP contribution >= 0.6 is 15.9 Å². The van der Waals surface area contributed by atoms with Gasteiger partial charge in [0.2, 0.25) is 0 Å². The Hall–Kier alpha value is -1.35. The van der Waals surface area contributed by atoms with Crippen molar-refractivity contribution in [3.05, 3.63) is 51.1 Å². The summed E-state index contributed by atoms with van der Waals surface area (Å²) in [6, 6.07) is 6.31. The number of rotatable bonds is 2. The number of hydrogen-bond donors (Lipinski definition) is 1. The molecule has 3 heteroatoms. The lowest BCUT2D eigenvalue weighted by Crippen LogP contribution is -2.00. The first-order valence-corrected chi connectivity index (χ1v) is 6.74. The third-order valence-corrected chi connectivity index (χ3v) is 3.79. The van der Waals surface area contributed by atoms with Crippen molar-refractivity contribution < 1.29 is 0 Å². The van der Waals surface area contributed by atoms with E-state index in [1.807, 2.05) is 6.20 Å². The standard InChI is InChI=1S/C15H17BrN2/c1-9-5-6-14(12(4)11(9)3)18-15-10(2)7-13(16)8-17-15/h5-8H,1-4H3,(H,17,18). The Kier molecular flexibility index (Phi) is 3.71. The molecule has 2 nitrogen and oxygen atoms in total. The van der Waals surface area contributed by atoms with Gasteiger partial charge in [-0.1, -0.05) is 6.07 Å². The predicted octanol–water partition coefficient (Wildman–Crippen LogP) is 4.82. The van der Waals surface area contributed by atoms with Crippen molar-refractivity contribution in [1.29, 1.82) is 0 Å². The highest BCUT2D eigenvalue weighted by atomic mass is 79.9. The molecule has 0 spiro atoms. The normalized spacial score (nSPS) is 10.5. The maximum atomic E-state index is 4.41. The molecule has 0 fully saturated rings. The van der Waals surface area contributed by atoms with Gasteiger partial charge in [-0.05, 0) is 78.0 Å². The molecule has 0 unspecified atom stereocenters. The molecule has 18 heavy (non-hydrogen) atoms. The lowest BCUT2D eigenvalue weighted by Gasteiger charge is -2.14. The second-order valence-electron chi connectivity index (χ2n) is 4.62. The number of hydrogen-bond acceptors (Lipinski definition) is 2. The van der Waals surface area contributed by atoms with E-state index < -0.39 is 0 Å². The molecule has 0 radical (unpaired) electrons. The van der Waals surface area contributed by atoms with Gasteiger partial charge in [0.05, 0.1) is 0 Å². The van der Waals surface area contributed by atoms with E-state index in [1.165, 1.54) is 16.7 Å². The van der Waals surface area contributed by atoms with Crippen LogP contribution in [0.2, 0.25) is 0 Å². The second kappa shape index (κ2) is 5.11. The fraction of sp³-hybridized carbons (Fsp3) is 0.267. The van der Waals surface area contributed by atoms with E-state index in [-0.39, 0.29) is 0 Å².